The molecule has 0 aliphatic heterocycles. The molecule has 0 aliphatic rings. The number of aromatic hydroxyl groups is 1. The summed E-state index contributed by atoms with van der Waals surface area (Å²) in [5, 5.41) is 16.4. The molecule has 20 heavy (non-hydrogen) atoms. The van der Waals surface area contributed by atoms with E-state index >= 15 is 0 Å². The quantitative estimate of drug-likeness (QED) is 0.891. The molecular formula is C15H19N3O2. The van der Waals surface area contributed by atoms with Crippen LogP contribution >= 0.6 is 0 Å². The highest BCUT2D eigenvalue weighted by atomic mass is 16.3. The molecule has 0 unspecified atom stereocenters. The zero-order chi connectivity index (χ0) is 14.7. The number of aromatic nitrogens is 2. The number of nitrogens with one attached hydrogen (secondary N) is 1. The van der Waals surface area contributed by atoms with E-state index in [9.17, 15) is 9.90 Å². The average Bonchev–Trinajstić information content (AvgIpc) is 2.65. The maximum Gasteiger partial charge on any atom is 0.251 e. The topological polar surface area (TPSA) is 67.2 Å². The first-order chi connectivity index (χ1) is 9.49. The Bertz CT molecular complexity index is 615. The summed E-state index contributed by atoms with van der Waals surface area (Å²) in [6, 6.07) is 6.21. The van der Waals surface area contributed by atoms with Crippen LogP contribution in [0.4, 0.5) is 0 Å². The fraction of sp³-hybridized carbons (Fsp3) is 0.333. The van der Waals surface area contributed by atoms with Gasteiger partial charge in [0.05, 0.1) is 5.69 Å². The molecule has 5 nitrogen and oxygen atoms in total. The smallest absolute Gasteiger partial charge is 0.251 e. The molecule has 0 saturated carbocycles. The Morgan fingerprint density at radius 2 is 1.95 bits per heavy atom. The van der Waals surface area contributed by atoms with Gasteiger partial charge in [0.25, 0.3) is 5.91 Å². The second-order valence-corrected chi connectivity index (χ2v) is 4.83. The molecule has 106 valence electrons. The minimum absolute atomic E-state index is 0.135. The van der Waals surface area contributed by atoms with Gasteiger partial charge in [0.15, 0.2) is 0 Å². The van der Waals surface area contributed by atoms with E-state index in [1.165, 1.54) is 17.7 Å². The summed E-state index contributed by atoms with van der Waals surface area (Å²) in [6.45, 7) is 4.56. The predicted octanol–water partition coefficient (Wildman–Crippen LogP) is 1.72. The second kappa shape index (κ2) is 5.77. The van der Waals surface area contributed by atoms with Crippen LogP contribution < -0.4 is 5.32 Å². The molecule has 0 aliphatic carbocycles. The molecule has 2 N–H and O–H groups in total. The van der Waals surface area contributed by atoms with Gasteiger partial charge < -0.3 is 10.4 Å². The van der Waals surface area contributed by atoms with Gasteiger partial charge in [0.2, 0.25) is 0 Å². The predicted molar refractivity (Wildman–Crippen MR) is 76.8 cm³/mol. The third-order valence-electron chi connectivity index (χ3n) is 3.45. The number of hydrogen-bond acceptors (Lipinski definition) is 3. The minimum Gasteiger partial charge on any atom is -0.508 e. The second-order valence-electron chi connectivity index (χ2n) is 4.83. The van der Waals surface area contributed by atoms with E-state index in [0.717, 1.165) is 17.8 Å². The van der Waals surface area contributed by atoms with E-state index in [1.54, 1.807) is 12.1 Å². The van der Waals surface area contributed by atoms with Crippen LogP contribution in [0.1, 0.15) is 27.3 Å². The van der Waals surface area contributed by atoms with E-state index in [0.29, 0.717) is 12.1 Å². The van der Waals surface area contributed by atoms with Crippen molar-refractivity contribution >= 4 is 5.91 Å². The van der Waals surface area contributed by atoms with Crippen molar-refractivity contribution in [3.63, 3.8) is 0 Å². The van der Waals surface area contributed by atoms with Gasteiger partial charge in [-0.3, -0.25) is 9.48 Å². The first-order valence-electron chi connectivity index (χ1n) is 6.55. The monoisotopic (exact) mass is 273 g/mol. The van der Waals surface area contributed by atoms with E-state index in [1.807, 2.05) is 25.6 Å². The SMILES string of the molecule is Cc1nn(C)c(C)c1CCNC(=O)c1ccc(O)cc1. The number of phenolic OH excluding ortho intramolecular Hbond substituents is 1. The summed E-state index contributed by atoms with van der Waals surface area (Å²) < 4.78 is 1.85. The van der Waals surface area contributed by atoms with Crippen LogP contribution in [0.3, 0.4) is 0 Å². The van der Waals surface area contributed by atoms with Crippen LogP contribution in [0, 0.1) is 13.8 Å². The van der Waals surface area contributed by atoms with Gasteiger partial charge in [-0.25, -0.2) is 0 Å². The summed E-state index contributed by atoms with van der Waals surface area (Å²) >= 11 is 0. The Balaban J connectivity index is 1.93. The third kappa shape index (κ3) is 2.99. The molecule has 1 heterocycles. The zero-order valence-electron chi connectivity index (χ0n) is 12.0. The molecule has 0 saturated heterocycles. The Labute approximate surface area is 118 Å². The summed E-state index contributed by atoms with van der Waals surface area (Å²) in [6.07, 6.45) is 0.759. The molecule has 0 radical (unpaired) electrons. The molecule has 5 heteroatoms. The van der Waals surface area contributed by atoms with E-state index in [2.05, 4.69) is 10.4 Å². The molecule has 0 spiro atoms. The number of rotatable bonds is 4. The first-order valence-corrected chi connectivity index (χ1v) is 6.55. The maximum atomic E-state index is 11.9. The molecule has 0 bridgehead atoms. The maximum absolute atomic E-state index is 11.9. The summed E-state index contributed by atoms with van der Waals surface area (Å²) in [5.41, 5.74) is 3.85. The molecule has 1 amide bonds. The van der Waals surface area contributed by atoms with Crippen molar-refractivity contribution in [3.05, 3.63) is 46.8 Å². The summed E-state index contributed by atoms with van der Waals surface area (Å²) in [7, 11) is 1.92. The average molecular weight is 273 g/mol. The minimum atomic E-state index is -0.135. The van der Waals surface area contributed by atoms with Crippen LogP contribution in [0.5, 0.6) is 5.75 Å². The van der Waals surface area contributed by atoms with Gasteiger partial charge in [-0.2, -0.15) is 5.10 Å². The number of nitrogens with zero attached hydrogens (tertiary/aromatic N) is 2. The van der Waals surface area contributed by atoms with Crippen molar-refractivity contribution in [1.82, 2.24) is 15.1 Å². The lowest BCUT2D eigenvalue weighted by Crippen LogP contribution is -2.25. The van der Waals surface area contributed by atoms with Crippen LogP contribution in [0.2, 0.25) is 0 Å². The summed E-state index contributed by atoms with van der Waals surface area (Å²) in [4.78, 5) is 11.9. The molecule has 2 aromatic rings. The van der Waals surface area contributed by atoms with Crippen LogP contribution in [-0.4, -0.2) is 27.3 Å². The van der Waals surface area contributed by atoms with Crippen LogP contribution in [0.25, 0.3) is 0 Å². The summed E-state index contributed by atoms with van der Waals surface area (Å²) in [5.74, 6) is 0.0207. The fourth-order valence-electron chi connectivity index (χ4n) is 2.20. The van der Waals surface area contributed by atoms with Crippen LogP contribution in [-0.2, 0) is 13.5 Å². The highest BCUT2D eigenvalue weighted by Crippen LogP contribution is 2.12. The number of phenols is 1. The Kier molecular flexibility index (Phi) is 4.08. The molecule has 1 aromatic carbocycles. The molecular weight excluding hydrogens is 254 g/mol. The van der Waals surface area contributed by atoms with Gasteiger partial charge in [-0.15, -0.1) is 0 Å². The lowest BCUT2D eigenvalue weighted by molar-refractivity contribution is 0.0954. The molecule has 0 atom stereocenters. The molecule has 1 aromatic heterocycles. The van der Waals surface area contributed by atoms with E-state index in [4.69, 9.17) is 0 Å². The fourth-order valence-corrected chi connectivity index (χ4v) is 2.20. The van der Waals surface area contributed by atoms with Crippen molar-refractivity contribution < 1.29 is 9.90 Å². The van der Waals surface area contributed by atoms with Gasteiger partial charge in [-0.1, -0.05) is 0 Å². The highest BCUT2D eigenvalue weighted by Gasteiger charge is 2.10. The number of carbonyl (C=O) groups is 1. The number of amides is 1. The van der Waals surface area contributed by atoms with Crippen molar-refractivity contribution in [1.29, 1.82) is 0 Å². The van der Waals surface area contributed by atoms with Gasteiger partial charge in [0, 0.05) is 24.8 Å². The van der Waals surface area contributed by atoms with Crippen molar-refractivity contribution in [2.45, 2.75) is 20.3 Å². The Hall–Kier alpha value is -2.30. The number of benzene rings is 1. The van der Waals surface area contributed by atoms with E-state index < -0.39 is 0 Å². The van der Waals surface area contributed by atoms with Gasteiger partial charge >= 0.3 is 0 Å². The number of hydrogen-bond donors (Lipinski definition) is 2. The third-order valence-corrected chi connectivity index (χ3v) is 3.45. The lowest BCUT2D eigenvalue weighted by atomic mass is 10.1. The lowest BCUT2D eigenvalue weighted by Gasteiger charge is -2.06. The van der Waals surface area contributed by atoms with Gasteiger partial charge in [-0.05, 0) is 50.1 Å². The zero-order valence-corrected chi connectivity index (χ0v) is 12.0. The largest absolute Gasteiger partial charge is 0.508 e. The number of aryl methyl sites for hydroxylation is 2. The normalized spacial score (nSPS) is 10.6. The highest BCUT2D eigenvalue weighted by molar-refractivity contribution is 5.94. The molecule has 0 fully saturated rings. The standard InChI is InChI=1S/C15H19N3O2/c1-10-14(11(2)18(3)17-10)8-9-16-15(20)12-4-6-13(19)7-5-12/h4-7,19H,8-9H2,1-3H3,(H,16,20). The van der Waals surface area contributed by atoms with Crippen LogP contribution in [0.15, 0.2) is 24.3 Å². The number of carbonyl (C=O) groups excluding carboxylic acids is 1. The van der Waals surface area contributed by atoms with Crippen molar-refractivity contribution in [2.75, 3.05) is 6.54 Å². The van der Waals surface area contributed by atoms with E-state index in [-0.39, 0.29) is 11.7 Å². The van der Waals surface area contributed by atoms with Crippen molar-refractivity contribution in [2.24, 2.45) is 7.05 Å². The van der Waals surface area contributed by atoms with Crippen molar-refractivity contribution in [3.8, 4) is 5.75 Å². The Morgan fingerprint density at radius 1 is 1.30 bits per heavy atom. The van der Waals surface area contributed by atoms with Gasteiger partial charge in [0.1, 0.15) is 5.75 Å². The Morgan fingerprint density at radius 3 is 2.50 bits per heavy atom. The molecule has 2 rings (SSSR count). The first kappa shape index (κ1) is 14.1.